The number of nitrogens with one attached hydrogen (secondary N) is 1. The molecule has 14 nitrogen and oxygen atoms in total. The second-order valence-electron chi connectivity index (χ2n) is 15.1. The molecule has 7 unspecified atom stereocenters. The van der Waals surface area contributed by atoms with Gasteiger partial charge in [-0.05, 0) is 58.5 Å². The van der Waals surface area contributed by atoms with Crippen molar-refractivity contribution in [3.63, 3.8) is 0 Å². The maximum absolute atomic E-state index is 16.0. The molecule has 1 spiro atoms. The van der Waals surface area contributed by atoms with Gasteiger partial charge in [0.1, 0.15) is 41.9 Å². The maximum atomic E-state index is 16.0. The summed E-state index contributed by atoms with van der Waals surface area (Å²) in [7, 11) is 1.18. The van der Waals surface area contributed by atoms with Crippen LogP contribution in [0.1, 0.15) is 66.3 Å². The number of amides is 3. The number of aliphatic carboxylic acids is 1. The Labute approximate surface area is 346 Å². The normalized spacial score (nSPS) is 23.6. The quantitative estimate of drug-likeness (QED) is 0.123. The number of benzene rings is 4. The van der Waals surface area contributed by atoms with Crippen molar-refractivity contribution in [1.82, 2.24) is 10.2 Å². The highest BCUT2D eigenvalue weighted by Gasteiger charge is 2.76. The van der Waals surface area contributed by atoms with E-state index >= 15 is 4.79 Å². The van der Waals surface area contributed by atoms with Crippen LogP contribution < -0.4 is 15.0 Å². The average molecular weight is 816 g/mol. The first kappa shape index (κ1) is 41.6. The summed E-state index contributed by atoms with van der Waals surface area (Å²) >= 11 is 0. The molecule has 0 bridgehead atoms. The topological polar surface area (TPSA) is 192 Å². The number of carboxylic acids is 1. The third kappa shape index (κ3) is 7.14. The van der Waals surface area contributed by atoms with Crippen LogP contribution in [0.3, 0.4) is 0 Å². The molecule has 3 aliphatic heterocycles. The molecule has 14 heteroatoms. The number of methoxy groups -OCH3 is 1. The summed E-state index contributed by atoms with van der Waals surface area (Å²) in [5.74, 6) is -0.317. The summed E-state index contributed by atoms with van der Waals surface area (Å²) < 4.78 is 17.1. The van der Waals surface area contributed by atoms with E-state index in [9.17, 15) is 34.5 Å². The van der Waals surface area contributed by atoms with E-state index in [-0.39, 0.29) is 37.5 Å². The SMILES string of the molecule is COC(=O)C(NC(=O)N1C(=O)C2(c3cc(C#CCCO)ccc31)C(C(=O)O)C1C(=O)OC(c3ccccc3)C(c3ccccc3)N1C2c1cccc(OCCO)c1)C(C)C. The number of aliphatic hydroxyl groups is 2. The molecule has 4 aromatic carbocycles. The summed E-state index contributed by atoms with van der Waals surface area (Å²) in [4.78, 5) is 75.1. The summed E-state index contributed by atoms with van der Waals surface area (Å²) in [5.41, 5.74) is -0.133. The Morgan fingerprint density at radius 2 is 1.55 bits per heavy atom. The van der Waals surface area contributed by atoms with Crippen LogP contribution in [-0.4, -0.2) is 89.1 Å². The second-order valence-corrected chi connectivity index (χ2v) is 15.1. The van der Waals surface area contributed by atoms with Crippen molar-refractivity contribution in [1.29, 1.82) is 0 Å². The smallest absolute Gasteiger partial charge is 0.329 e. The van der Waals surface area contributed by atoms with E-state index in [2.05, 4.69) is 17.2 Å². The Balaban J connectivity index is 1.56. The fourth-order valence-corrected chi connectivity index (χ4v) is 8.95. The van der Waals surface area contributed by atoms with Gasteiger partial charge < -0.3 is 34.8 Å². The van der Waals surface area contributed by atoms with E-state index in [0.717, 1.165) is 4.90 Å². The largest absolute Gasteiger partial charge is 0.491 e. The molecular weight excluding hydrogens is 771 g/mol. The number of hydrogen-bond acceptors (Lipinski definition) is 11. The highest BCUT2D eigenvalue weighted by Crippen LogP contribution is 2.66. The fourth-order valence-electron chi connectivity index (χ4n) is 8.95. The molecule has 0 aromatic heterocycles. The summed E-state index contributed by atoms with van der Waals surface area (Å²) in [5, 5.41) is 33.3. The number of cyclic esters (lactones) is 1. The lowest BCUT2D eigenvalue weighted by Crippen LogP contribution is -2.56. The van der Waals surface area contributed by atoms with Crippen LogP contribution in [0.4, 0.5) is 10.5 Å². The van der Waals surface area contributed by atoms with Gasteiger partial charge in [-0.25, -0.2) is 14.5 Å². The molecule has 4 aromatic rings. The van der Waals surface area contributed by atoms with E-state index in [4.69, 9.17) is 14.2 Å². The Morgan fingerprint density at radius 3 is 2.18 bits per heavy atom. The molecule has 4 N–H and O–H groups in total. The van der Waals surface area contributed by atoms with Crippen LogP contribution in [0.25, 0.3) is 0 Å². The Kier molecular flexibility index (Phi) is 12.0. The molecule has 2 fully saturated rings. The van der Waals surface area contributed by atoms with E-state index in [1.54, 1.807) is 79.4 Å². The molecular formula is C46H45N3O11. The number of urea groups is 1. The van der Waals surface area contributed by atoms with Crippen LogP contribution in [-0.2, 0) is 34.1 Å². The lowest BCUT2D eigenvalue weighted by atomic mass is 9.65. The number of carbonyl (C=O) groups excluding carboxylic acids is 4. The van der Waals surface area contributed by atoms with Crippen LogP contribution >= 0.6 is 0 Å². The molecule has 3 aliphatic rings. The minimum absolute atomic E-state index is 0.0191. The number of anilines is 1. The highest BCUT2D eigenvalue weighted by atomic mass is 16.6. The Morgan fingerprint density at radius 1 is 0.867 bits per heavy atom. The summed E-state index contributed by atoms with van der Waals surface area (Å²) in [6.07, 6.45) is -0.863. The van der Waals surface area contributed by atoms with E-state index in [0.29, 0.717) is 28.0 Å². The van der Waals surface area contributed by atoms with Gasteiger partial charge in [-0.15, -0.1) is 0 Å². The molecule has 60 heavy (non-hydrogen) atoms. The second kappa shape index (κ2) is 17.4. The Hall–Kier alpha value is -6.53. The predicted octanol–water partition coefficient (Wildman–Crippen LogP) is 4.45. The van der Waals surface area contributed by atoms with Gasteiger partial charge in [0.15, 0.2) is 0 Å². The van der Waals surface area contributed by atoms with Crippen LogP contribution in [0.2, 0.25) is 0 Å². The lowest BCUT2D eigenvalue weighted by molar-refractivity contribution is -0.179. The first-order valence-electron chi connectivity index (χ1n) is 19.6. The summed E-state index contributed by atoms with van der Waals surface area (Å²) in [6.45, 7) is 2.80. The van der Waals surface area contributed by atoms with E-state index in [1.807, 2.05) is 36.4 Å². The number of esters is 2. The zero-order chi connectivity index (χ0) is 42.7. The lowest BCUT2D eigenvalue weighted by Gasteiger charge is -2.46. The molecule has 310 valence electrons. The number of fused-ring (bicyclic) bond motifs is 3. The molecule has 7 atom stereocenters. The molecule has 0 aliphatic carbocycles. The van der Waals surface area contributed by atoms with Crippen molar-refractivity contribution in [2.45, 2.75) is 56.0 Å². The minimum atomic E-state index is -2.25. The number of morpholine rings is 1. The van der Waals surface area contributed by atoms with Crippen molar-refractivity contribution in [3.05, 3.63) is 131 Å². The highest BCUT2D eigenvalue weighted by molar-refractivity contribution is 6.24. The number of carboxylic acid groups (broad SMARTS) is 1. The molecule has 0 saturated carbocycles. The van der Waals surface area contributed by atoms with Crippen molar-refractivity contribution in [3.8, 4) is 17.6 Å². The maximum Gasteiger partial charge on any atom is 0.329 e. The summed E-state index contributed by atoms with van der Waals surface area (Å²) in [6, 6.07) is 23.4. The third-order valence-electron chi connectivity index (χ3n) is 11.3. The number of hydrogen-bond donors (Lipinski definition) is 4. The molecule has 2 saturated heterocycles. The van der Waals surface area contributed by atoms with Crippen molar-refractivity contribution >= 4 is 35.5 Å². The van der Waals surface area contributed by atoms with E-state index < -0.39 is 77.4 Å². The van der Waals surface area contributed by atoms with E-state index in [1.165, 1.54) is 13.2 Å². The van der Waals surface area contributed by atoms with Crippen LogP contribution in [0.5, 0.6) is 5.75 Å². The predicted molar refractivity (Wildman–Crippen MR) is 216 cm³/mol. The van der Waals surface area contributed by atoms with Crippen molar-refractivity contribution < 1.29 is 53.5 Å². The first-order chi connectivity index (χ1) is 29.0. The number of imide groups is 1. The van der Waals surface area contributed by atoms with Gasteiger partial charge in [0.25, 0.3) is 0 Å². The average Bonchev–Trinajstić information content (AvgIpc) is 3.71. The van der Waals surface area contributed by atoms with Crippen LogP contribution in [0, 0.1) is 23.7 Å². The van der Waals surface area contributed by atoms with Gasteiger partial charge in [0.2, 0.25) is 5.91 Å². The zero-order valence-corrected chi connectivity index (χ0v) is 33.2. The van der Waals surface area contributed by atoms with Crippen molar-refractivity contribution in [2.75, 3.05) is 31.8 Å². The van der Waals surface area contributed by atoms with Gasteiger partial charge in [-0.1, -0.05) is 98.5 Å². The number of nitrogens with zero attached hydrogens (tertiary/aromatic N) is 2. The molecule has 7 rings (SSSR count). The number of carbonyl (C=O) groups is 5. The molecule has 0 radical (unpaired) electrons. The van der Waals surface area contributed by atoms with Gasteiger partial charge in [0.05, 0.1) is 38.1 Å². The van der Waals surface area contributed by atoms with Crippen molar-refractivity contribution in [2.24, 2.45) is 11.8 Å². The number of rotatable bonds is 11. The molecule has 3 amide bonds. The van der Waals surface area contributed by atoms with Gasteiger partial charge >= 0.3 is 23.9 Å². The van der Waals surface area contributed by atoms with Gasteiger partial charge in [-0.3, -0.25) is 19.3 Å². The Bertz CT molecular complexity index is 2340. The van der Waals surface area contributed by atoms with Gasteiger partial charge in [0, 0.05) is 12.0 Å². The zero-order valence-electron chi connectivity index (χ0n) is 33.2. The number of aliphatic hydroxyl groups excluding tert-OH is 2. The minimum Gasteiger partial charge on any atom is -0.491 e. The molecule has 3 heterocycles. The number of ether oxygens (including phenoxy) is 3. The van der Waals surface area contributed by atoms with Gasteiger partial charge in [-0.2, -0.15) is 0 Å². The van der Waals surface area contributed by atoms with Crippen LogP contribution in [0.15, 0.2) is 103 Å². The first-order valence-corrected chi connectivity index (χ1v) is 19.6. The monoisotopic (exact) mass is 815 g/mol. The third-order valence-corrected chi connectivity index (χ3v) is 11.3. The fraction of sp³-hybridized carbons (Fsp3) is 0.326. The standard InChI is InChI=1S/C46H45N3O11/c1-27(2)36(42(54)58-3)47-45(57)48-34-21-20-28(13-10-11-22-50)25-33(34)46(44(48)56)35(41(52)53)38-43(55)60-39(30-16-8-5-9-17-30)37(29-14-6-4-7-15-29)49(38)40(46)31-18-12-19-32(26-31)59-24-23-51/h4-9,12,14-21,25-27,35-40,50-51H,11,22-24H2,1-3H3,(H,47,57)(H,52,53).